The Morgan fingerprint density at radius 1 is 0.614 bits per heavy atom. The lowest BCUT2D eigenvalue weighted by molar-refractivity contribution is -0.140. The SMILES string of the molecule is CCCCCCSc1ccccc1NC1=C(C(=O)OCC)CC(Nc2ccccc2SCCCCCC)=C(C(=O)OCC)C1. The van der Waals surface area contributed by atoms with Crippen LogP contribution in [0.1, 0.15) is 91.9 Å². The van der Waals surface area contributed by atoms with E-state index in [0.717, 1.165) is 45.5 Å². The Hall–Kier alpha value is -2.84. The Bertz CT molecular complexity index is 1180. The lowest BCUT2D eigenvalue weighted by Crippen LogP contribution is -2.25. The maximum Gasteiger partial charge on any atom is 0.336 e. The summed E-state index contributed by atoms with van der Waals surface area (Å²) in [6.45, 7) is 8.61. The molecule has 1 aliphatic rings. The zero-order chi connectivity index (χ0) is 31.6. The average molecular weight is 639 g/mol. The van der Waals surface area contributed by atoms with Crippen molar-refractivity contribution < 1.29 is 19.1 Å². The Morgan fingerprint density at radius 3 is 1.41 bits per heavy atom. The number of unbranched alkanes of at least 4 members (excludes halogenated alkanes) is 6. The summed E-state index contributed by atoms with van der Waals surface area (Å²) < 4.78 is 11.0. The van der Waals surface area contributed by atoms with E-state index in [1.54, 1.807) is 0 Å². The second kappa shape index (κ2) is 20.2. The molecule has 0 heterocycles. The van der Waals surface area contributed by atoms with Crippen molar-refractivity contribution in [3.8, 4) is 0 Å². The number of rotatable bonds is 20. The Balaban J connectivity index is 1.90. The van der Waals surface area contributed by atoms with Gasteiger partial charge in [-0.2, -0.15) is 0 Å². The number of esters is 2. The lowest BCUT2D eigenvalue weighted by Gasteiger charge is -2.27. The van der Waals surface area contributed by atoms with Crippen LogP contribution in [-0.4, -0.2) is 36.7 Å². The molecule has 2 N–H and O–H groups in total. The summed E-state index contributed by atoms with van der Waals surface area (Å²) in [6, 6.07) is 16.3. The molecule has 6 nitrogen and oxygen atoms in total. The van der Waals surface area contributed by atoms with Crippen molar-refractivity contribution in [3.63, 3.8) is 0 Å². The molecule has 0 aliphatic heterocycles. The first-order chi connectivity index (χ1) is 21.5. The Morgan fingerprint density at radius 2 is 1.02 bits per heavy atom. The van der Waals surface area contributed by atoms with E-state index in [2.05, 4.69) is 36.6 Å². The van der Waals surface area contributed by atoms with E-state index in [0.29, 0.717) is 22.5 Å². The van der Waals surface area contributed by atoms with E-state index in [4.69, 9.17) is 9.47 Å². The highest BCUT2D eigenvalue weighted by Crippen LogP contribution is 2.37. The molecule has 0 unspecified atom stereocenters. The molecule has 3 rings (SSSR count). The average Bonchev–Trinajstić information content (AvgIpc) is 3.03. The molecule has 0 saturated carbocycles. The van der Waals surface area contributed by atoms with Crippen LogP contribution >= 0.6 is 23.5 Å². The first-order valence-electron chi connectivity index (χ1n) is 16.3. The van der Waals surface area contributed by atoms with Crippen molar-refractivity contribution in [1.82, 2.24) is 0 Å². The lowest BCUT2D eigenvalue weighted by atomic mass is 9.92. The van der Waals surface area contributed by atoms with Crippen LogP contribution < -0.4 is 10.6 Å². The highest BCUT2D eigenvalue weighted by molar-refractivity contribution is 7.99. The van der Waals surface area contributed by atoms with Gasteiger partial charge in [-0.15, -0.1) is 23.5 Å². The smallest absolute Gasteiger partial charge is 0.336 e. The number of para-hydroxylation sites is 2. The van der Waals surface area contributed by atoms with Crippen LogP contribution in [0.3, 0.4) is 0 Å². The molecule has 0 amide bonds. The largest absolute Gasteiger partial charge is 0.463 e. The number of benzene rings is 2. The van der Waals surface area contributed by atoms with Gasteiger partial charge in [0.25, 0.3) is 0 Å². The molecular weight excluding hydrogens is 589 g/mol. The minimum Gasteiger partial charge on any atom is -0.463 e. The summed E-state index contributed by atoms with van der Waals surface area (Å²) >= 11 is 3.63. The summed E-state index contributed by atoms with van der Waals surface area (Å²) in [6.07, 6.45) is 10.2. The highest BCUT2D eigenvalue weighted by Gasteiger charge is 2.31. The van der Waals surface area contributed by atoms with Gasteiger partial charge < -0.3 is 20.1 Å². The molecule has 0 spiro atoms. The normalized spacial score (nSPS) is 13.2. The summed E-state index contributed by atoms with van der Waals surface area (Å²) in [5.41, 5.74) is 4.25. The van der Waals surface area contributed by atoms with E-state index in [-0.39, 0.29) is 38.0 Å². The molecule has 44 heavy (non-hydrogen) atoms. The van der Waals surface area contributed by atoms with Crippen LogP contribution in [-0.2, 0) is 19.1 Å². The third kappa shape index (κ3) is 11.3. The van der Waals surface area contributed by atoms with Crippen LogP contribution in [0.5, 0.6) is 0 Å². The molecule has 0 bridgehead atoms. The predicted octanol–water partition coefficient (Wildman–Crippen LogP) is 9.98. The van der Waals surface area contributed by atoms with Crippen LogP contribution in [0.4, 0.5) is 11.4 Å². The molecule has 2 aromatic carbocycles. The number of thioether (sulfide) groups is 2. The highest BCUT2D eigenvalue weighted by atomic mass is 32.2. The van der Waals surface area contributed by atoms with E-state index in [9.17, 15) is 9.59 Å². The van der Waals surface area contributed by atoms with Gasteiger partial charge in [-0.1, -0.05) is 76.6 Å². The van der Waals surface area contributed by atoms with Crippen molar-refractivity contribution in [2.75, 3.05) is 35.4 Å². The molecule has 2 aromatic rings. The van der Waals surface area contributed by atoms with Crippen molar-refractivity contribution in [3.05, 3.63) is 71.1 Å². The molecule has 240 valence electrons. The van der Waals surface area contributed by atoms with Gasteiger partial charge >= 0.3 is 11.9 Å². The minimum atomic E-state index is -0.375. The fourth-order valence-electron chi connectivity index (χ4n) is 4.99. The number of carbonyl (C=O) groups is 2. The summed E-state index contributed by atoms with van der Waals surface area (Å²) in [5, 5.41) is 7.08. The summed E-state index contributed by atoms with van der Waals surface area (Å²) in [5.74, 6) is 1.31. The van der Waals surface area contributed by atoms with Crippen LogP contribution in [0, 0.1) is 0 Å². The van der Waals surface area contributed by atoms with Gasteiger partial charge in [0.05, 0.1) is 35.7 Å². The standard InChI is InChI=1S/C36H50N2O4S2/c1-5-9-11-17-23-43-33-21-15-13-19-29(33)37-31-25-28(36(40)42-8-4)32(26-27(31)35(39)41-7-3)38-30-20-14-16-22-34(30)44-24-18-12-10-6-2/h13-16,19-22,37-38H,5-12,17-18,23-26H2,1-4H3. The number of carbonyl (C=O) groups excluding carboxylic acids is 2. The number of ether oxygens (including phenoxy) is 2. The fourth-order valence-corrected chi connectivity index (χ4v) is 7.02. The van der Waals surface area contributed by atoms with Gasteiger partial charge in [-0.05, 0) is 62.5 Å². The van der Waals surface area contributed by atoms with Crippen molar-refractivity contribution in [1.29, 1.82) is 0 Å². The quantitative estimate of drug-likeness (QED) is 0.0843. The van der Waals surface area contributed by atoms with E-state index in [1.807, 2.05) is 73.8 Å². The van der Waals surface area contributed by atoms with Gasteiger partial charge in [0.1, 0.15) is 0 Å². The molecule has 0 atom stereocenters. The van der Waals surface area contributed by atoms with Gasteiger partial charge in [0.2, 0.25) is 0 Å². The topological polar surface area (TPSA) is 76.7 Å². The Kier molecular flexibility index (Phi) is 16.4. The van der Waals surface area contributed by atoms with Crippen LogP contribution in [0.15, 0.2) is 80.9 Å². The molecular formula is C36H50N2O4S2. The predicted molar refractivity (Wildman–Crippen MR) is 186 cm³/mol. The van der Waals surface area contributed by atoms with E-state index in [1.165, 1.54) is 38.5 Å². The molecule has 8 heteroatoms. The molecule has 0 aromatic heterocycles. The second-order valence-electron chi connectivity index (χ2n) is 10.8. The minimum absolute atomic E-state index is 0.233. The monoisotopic (exact) mass is 638 g/mol. The first kappa shape index (κ1) is 35.6. The van der Waals surface area contributed by atoms with Gasteiger partial charge in [-0.3, -0.25) is 0 Å². The van der Waals surface area contributed by atoms with E-state index < -0.39 is 0 Å². The molecule has 0 fully saturated rings. The van der Waals surface area contributed by atoms with Crippen LogP contribution in [0.2, 0.25) is 0 Å². The van der Waals surface area contributed by atoms with Gasteiger partial charge in [0, 0.05) is 34.0 Å². The van der Waals surface area contributed by atoms with Crippen molar-refractivity contribution >= 4 is 46.8 Å². The van der Waals surface area contributed by atoms with Crippen LogP contribution in [0.25, 0.3) is 0 Å². The number of hydrogen-bond acceptors (Lipinski definition) is 8. The van der Waals surface area contributed by atoms with Gasteiger partial charge in [0.15, 0.2) is 0 Å². The zero-order valence-corrected chi connectivity index (χ0v) is 28.6. The maximum atomic E-state index is 13.4. The molecule has 1 aliphatic carbocycles. The molecule has 0 radical (unpaired) electrons. The number of hydrogen-bond donors (Lipinski definition) is 2. The van der Waals surface area contributed by atoms with Crippen molar-refractivity contribution in [2.45, 2.75) is 102 Å². The maximum absolute atomic E-state index is 13.4. The first-order valence-corrected chi connectivity index (χ1v) is 18.2. The fraction of sp³-hybridized carbons (Fsp3) is 0.500. The third-order valence-corrected chi connectivity index (χ3v) is 9.66. The Labute approximate surface area is 273 Å². The summed E-state index contributed by atoms with van der Waals surface area (Å²) in [7, 11) is 0. The molecule has 0 saturated heterocycles. The summed E-state index contributed by atoms with van der Waals surface area (Å²) in [4.78, 5) is 29.0. The number of nitrogens with one attached hydrogen (secondary N) is 2. The number of allylic oxidation sites excluding steroid dienone is 2. The third-order valence-electron chi connectivity index (χ3n) is 7.34. The van der Waals surface area contributed by atoms with Gasteiger partial charge in [-0.25, -0.2) is 9.59 Å². The second-order valence-corrected chi connectivity index (χ2v) is 13.0. The zero-order valence-electron chi connectivity index (χ0n) is 27.0. The van der Waals surface area contributed by atoms with Crippen molar-refractivity contribution in [2.24, 2.45) is 0 Å². The number of anilines is 2. The van der Waals surface area contributed by atoms with E-state index >= 15 is 0 Å².